The van der Waals surface area contributed by atoms with Gasteiger partial charge in [0, 0.05) is 26.7 Å². The maximum atomic E-state index is 12.0. The number of nitrogens with zero attached hydrogens (tertiary/aromatic N) is 1. The van der Waals surface area contributed by atoms with Gasteiger partial charge in [-0.05, 0) is 19.8 Å². The van der Waals surface area contributed by atoms with Crippen LogP contribution in [0.4, 0.5) is 0 Å². The van der Waals surface area contributed by atoms with Crippen molar-refractivity contribution in [2.75, 3.05) is 26.7 Å². The van der Waals surface area contributed by atoms with Crippen molar-refractivity contribution in [1.82, 2.24) is 4.90 Å². The molecular formula is C12H22N2O4. The van der Waals surface area contributed by atoms with Crippen LogP contribution in [-0.4, -0.2) is 54.7 Å². The zero-order valence-corrected chi connectivity index (χ0v) is 11.0. The number of amides is 1. The third-order valence-electron chi connectivity index (χ3n) is 3.73. The van der Waals surface area contributed by atoms with E-state index in [-0.39, 0.29) is 18.4 Å². The van der Waals surface area contributed by atoms with Gasteiger partial charge < -0.3 is 20.5 Å². The Morgan fingerprint density at radius 2 is 2.00 bits per heavy atom. The summed E-state index contributed by atoms with van der Waals surface area (Å²) in [5.41, 5.74) is 4.77. The van der Waals surface area contributed by atoms with Crippen LogP contribution >= 0.6 is 0 Å². The molecule has 1 amide bonds. The van der Waals surface area contributed by atoms with Crippen molar-refractivity contribution in [3.05, 3.63) is 0 Å². The minimum Gasteiger partial charge on any atom is -0.481 e. The number of carboxylic acids is 1. The van der Waals surface area contributed by atoms with Crippen molar-refractivity contribution < 1.29 is 19.4 Å². The first-order valence-electron chi connectivity index (χ1n) is 6.17. The Morgan fingerprint density at radius 3 is 2.39 bits per heavy atom. The number of aliphatic carboxylic acids is 1. The average Bonchev–Trinajstić information content (AvgIpc) is 2.36. The van der Waals surface area contributed by atoms with Crippen LogP contribution < -0.4 is 5.73 Å². The maximum absolute atomic E-state index is 12.0. The molecule has 0 aliphatic carbocycles. The van der Waals surface area contributed by atoms with Gasteiger partial charge >= 0.3 is 5.97 Å². The number of ether oxygens (including phenoxy) is 1. The molecule has 0 aromatic carbocycles. The molecule has 18 heavy (non-hydrogen) atoms. The zero-order valence-electron chi connectivity index (χ0n) is 11.0. The first-order chi connectivity index (χ1) is 8.42. The third-order valence-corrected chi connectivity index (χ3v) is 3.73. The molecule has 6 nitrogen and oxygen atoms in total. The maximum Gasteiger partial charge on any atom is 0.309 e. The second-order valence-electron chi connectivity index (χ2n) is 5.04. The zero-order chi connectivity index (χ0) is 13.8. The molecule has 1 fully saturated rings. The summed E-state index contributed by atoms with van der Waals surface area (Å²) < 4.78 is 5.07. The van der Waals surface area contributed by atoms with Crippen LogP contribution in [0, 0.1) is 5.41 Å². The number of carbonyl (C=O) groups is 2. The normalized spacial score (nSPS) is 20.5. The van der Waals surface area contributed by atoms with Gasteiger partial charge in [-0.1, -0.05) is 0 Å². The number of rotatable bonds is 5. The van der Waals surface area contributed by atoms with Crippen molar-refractivity contribution in [2.45, 2.75) is 32.3 Å². The second-order valence-corrected chi connectivity index (χ2v) is 5.04. The highest BCUT2D eigenvalue weighted by Crippen LogP contribution is 2.31. The van der Waals surface area contributed by atoms with Gasteiger partial charge in [-0.3, -0.25) is 9.59 Å². The molecule has 1 atom stereocenters. The van der Waals surface area contributed by atoms with E-state index in [1.807, 2.05) is 0 Å². The molecule has 0 bridgehead atoms. The highest BCUT2D eigenvalue weighted by Gasteiger charge is 2.38. The lowest BCUT2D eigenvalue weighted by Gasteiger charge is -2.36. The summed E-state index contributed by atoms with van der Waals surface area (Å²) in [5.74, 6) is -0.800. The number of carboxylic acid groups (broad SMARTS) is 1. The van der Waals surface area contributed by atoms with Gasteiger partial charge in [0.2, 0.25) is 5.91 Å². The van der Waals surface area contributed by atoms with Gasteiger partial charge in [-0.25, -0.2) is 0 Å². The Labute approximate surface area is 107 Å². The van der Waals surface area contributed by atoms with Crippen molar-refractivity contribution >= 4 is 11.9 Å². The third kappa shape index (κ3) is 3.43. The fourth-order valence-corrected chi connectivity index (χ4v) is 2.05. The molecule has 0 aromatic rings. The Bertz CT molecular complexity index is 307. The predicted octanol–water partition coefficient (Wildman–Crippen LogP) is 0.0635. The quantitative estimate of drug-likeness (QED) is 0.727. The minimum absolute atomic E-state index is 0.0141. The number of hydrogen-bond donors (Lipinski definition) is 2. The Hall–Kier alpha value is -1.14. The van der Waals surface area contributed by atoms with E-state index in [1.165, 1.54) is 7.11 Å². The monoisotopic (exact) mass is 258 g/mol. The van der Waals surface area contributed by atoms with E-state index in [1.54, 1.807) is 11.8 Å². The molecule has 1 aliphatic heterocycles. The largest absolute Gasteiger partial charge is 0.481 e. The van der Waals surface area contributed by atoms with Crippen LogP contribution in [0.25, 0.3) is 0 Å². The molecule has 0 saturated carbocycles. The minimum atomic E-state index is -0.786. The molecule has 1 unspecified atom stereocenters. The van der Waals surface area contributed by atoms with E-state index in [9.17, 15) is 9.59 Å². The first kappa shape index (κ1) is 14.9. The molecule has 1 rings (SSSR count). The van der Waals surface area contributed by atoms with Crippen LogP contribution in [0.5, 0.6) is 0 Å². The topological polar surface area (TPSA) is 92.9 Å². The van der Waals surface area contributed by atoms with Gasteiger partial charge in [-0.15, -0.1) is 0 Å². The number of carbonyl (C=O) groups excluding carboxylic acids is 1. The fourth-order valence-electron chi connectivity index (χ4n) is 2.05. The lowest BCUT2D eigenvalue weighted by molar-refractivity contribution is -0.153. The summed E-state index contributed by atoms with van der Waals surface area (Å²) in [6, 6.07) is 0. The van der Waals surface area contributed by atoms with Gasteiger partial charge in [-0.2, -0.15) is 0 Å². The standard InChI is InChI=1S/C12H22N2O4/c1-12(11(16)17)3-5-14(6-4-12)10(15)7-9(8-13)18-2/h9H,3-8,13H2,1-2H3,(H,16,17). The second kappa shape index (κ2) is 6.15. The van der Waals surface area contributed by atoms with Crippen molar-refractivity contribution in [3.63, 3.8) is 0 Å². The van der Waals surface area contributed by atoms with Crippen LogP contribution in [-0.2, 0) is 14.3 Å². The first-order valence-corrected chi connectivity index (χ1v) is 6.17. The number of piperidine rings is 1. The SMILES string of the molecule is COC(CN)CC(=O)N1CCC(C)(C(=O)O)CC1. The molecule has 1 aliphatic rings. The van der Waals surface area contributed by atoms with Crippen molar-refractivity contribution in [3.8, 4) is 0 Å². The van der Waals surface area contributed by atoms with E-state index < -0.39 is 11.4 Å². The van der Waals surface area contributed by atoms with E-state index >= 15 is 0 Å². The molecule has 0 spiro atoms. The summed E-state index contributed by atoms with van der Waals surface area (Å²) in [6.07, 6.45) is 0.990. The van der Waals surface area contributed by atoms with Crippen LogP contribution in [0.2, 0.25) is 0 Å². The number of likely N-dealkylation sites (tertiary alicyclic amines) is 1. The highest BCUT2D eigenvalue weighted by molar-refractivity contribution is 5.78. The summed E-state index contributed by atoms with van der Waals surface area (Å²) >= 11 is 0. The average molecular weight is 258 g/mol. The number of methoxy groups -OCH3 is 1. The molecule has 104 valence electrons. The van der Waals surface area contributed by atoms with Crippen molar-refractivity contribution in [2.24, 2.45) is 11.1 Å². The summed E-state index contributed by atoms with van der Waals surface area (Å²) in [4.78, 5) is 24.7. The Balaban J connectivity index is 2.48. The Kier molecular flexibility index (Phi) is 5.10. The smallest absolute Gasteiger partial charge is 0.309 e. The molecule has 3 N–H and O–H groups in total. The van der Waals surface area contributed by atoms with Crippen molar-refractivity contribution in [1.29, 1.82) is 0 Å². The number of hydrogen-bond acceptors (Lipinski definition) is 4. The fraction of sp³-hybridized carbons (Fsp3) is 0.833. The van der Waals surface area contributed by atoms with E-state index in [0.717, 1.165) is 0 Å². The van der Waals surface area contributed by atoms with E-state index in [0.29, 0.717) is 32.5 Å². The lowest BCUT2D eigenvalue weighted by Crippen LogP contribution is -2.46. The predicted molar refractivity (Wildman–Crippen MR) is 66.0 cm³/mol. The molecule has 1 heterocycles. The van der Waals surface area contributed by atoms with E-state index in [4.69, 9.17) is 15.6 Å². The van der Waals surface area contributed by atoms with Crippen LogP contribution in [0.3, 0.4) is 0 Å². The number of nitrogens with two attached hydrogens (primary N) is 1. The van der Waals surface area contributed by atoms with Crippen LogP contribution in [0.15, 0.2) is 0 Å². The highest BCUT2D eigenvalue weighted by atomic mass is 16.5. The molecule has 1 saturated heterocycles. The lowest BCUT2D eigenvalue weighted by atomic mass is 9.80. The summed E-state index contributed by atoms with van der Waals surface area (Å²) in [5, 5.41) is 9.10. The molecule has 6 heteroatoms. The van der Waals surface area contributed by atoms with E-state index in [2.05, 4.69) is 0 Å². The van der Waals surface area contributed by atoms with Crippen LogP contribution in [0.1, 0.15) is 26.2 Å². The Morgan fingerprint density at radius 1 is 1.44 bits per heavy atom. The summed E-state index contributed by atoms with van der Waals surface area (Å²) in [6.45, 7) is 3.02. The molecule has 0 aromatic heterocycles. The molecular weight excluding hydrogens is 236 g/mol. The van der Waals surface area contributed by atoms with Gasteiger partial charge in [0.15, 0.2) is 0 Å². The van der Waals surface area contributed by atoms with Gasteiger partial charge in [0.05, 0.1) is 17.9 Å². The summed E-state index contributed by atoms with van der Waals surface area (Å²) in [7, 11) is 1.53. The van der Waals surface area contributed by atoms with Gasteiger partial charge in [0.25, 0.3) is 0 Å². The molecule has 0 radical (unpaired) electrons. The van der Waals surface area contributed by atoms with Gasteiger partial charge in [0.1, 0.15) is 0 Å².